The van der Waals surface area contributed by atoms with Crippen molar-refractivity contribution in [3.05, 3.63) is 76.2 Å². The van der Waals surface area contributed by atoms with Gasteiger partial charge in [-0.1, -0.05) is 18.2 Å². The van der Waals surface area contributed by atoms with Gasteiger partial charge in [0.1, 0.15) is 0 Å². The molecule has 2 heterocycles. The number of nitrogens with zero attached hydrogens (tertiary/aromatic N) is 3. The van der Waals surface area contributed by atoms with Crippen molar-refractivity contribution in [1.82, 2.24) is 14.7 Å². The molecule has 0 saturated carbocycles. The third-order valence-electron chi connectivity index (χ3n) is 3.42. The fourth-order valence-corrected chi connectivity index (χ4v) is 3.02. The lowest BCUT2D eigenvalue weighted by atomic mass is 10.1. The molecule has 0 unspecified atom stereocenters. The van der Waals surface area contributed by atoms with Crippen LogP contribution in [0.25, 0.3) is 0 Å². The van der Waals surface area contributed by atoms with E-state index in [1.165, 1.54) is 4.88 Å². The average Bonchev–Trinajstić information content (AvgIpc) is 3.21. The van der Waals surface area contributed by atoms with Crippen molar-refractivity contribution in [2.24, 2.45) is 0 Å². The van der Waals surface area contributed by atoms with Gasteiger partial charge in [0.15, 0.2) is 0 Å². The van der Waals surface area contributed by atoms with E-state index in [0.29, 0.717) is 18.7 Å². The molecule has 22 heavy (non-hydrogen) atoms. The molecule has 2 aromatic heterocycles. The zero-order valence-corrected chi connectivity index (χ0v) is 13.2. The van der Waals surface area contributed by atoms with Gasteiger partial charge in [-0.3, -0.25) is 9.48 Å². The molecule has 0 saturated heterocycles. The van der Waals surface area contributed by atoms with Gasteiger partial charge in [0, 0.05) is 29.9 Å². The molecule has 1 amide bonds. The van der Waals surface area contributed by atoms with Gasteiger partial charge >= 0.3 is 0 Å². The Morgan fingerprint density at radius 1 is 1.23 bits per heavy atom. The maximum Gasteiger partial charge on any atom is 0.253 e. The molecule has 0 spiro atoms. The number of aromatic nitrogens is 2. The van der Waals surface area contributed by atoms with Crippen molar-refractivity contribution in [3.8, 4) is 0 Å². The molecule has 5 heteroatoms. The number of carbonyl (C=O) groups excluding carboxylic acids is 1. The highest BCUT2D eigenvalue weighted by Crippen LogP contribution is 2.14. The summed E-state index contributed by atoms with van der Waals surface area (Å²) in [5, 5.41) is 6.21. The predicted molar refractivity (Wildman–Crippen MR) is 87.9 cm³/mol. The lowest BCUT2D eigenvalue weighted by Crippen LogP contribution is -2.25. The van der Waals surface area contributed by atoms with Crippen LogP contribution in [0.5, 0.6) is 0 Å². The van der Waals surface area contributed by atoms with E-state index in [0.717, 1.165) is 5.56 Å². The number of thiophene rings is 1. The Labute approximate surface area is 133 Å². The summed E-state index contributed by atoms with van der Waals surface area (Å²) in [5.74, 6) is 0.0408. The summed E-state index contributed by atoms with van der Waals surface area (Å²) in [5.41, 5.74) is 1.84. The van der Waals surface area contributed by atoms with Gasteiger partial charge in [0.2, 0.25) is 0 Å². The molecule has 3 aromatic rings. The largest absolute Gasteiger partial charge is 0.337 e. The highest BCUT2D eigenvalue weighted by atomic mass is 32.1. The van der Waals surface area contributed by atoms with Crippen LogP contribution in [0.15, 0.2) is 60.2 Å². The normalized spacial score (nSPS) is 10.6. The van der Waals surface area contributed by atoms with Crippen molar-refractivity contribution >= 4 is 17.2 Å². The highest BCUT2D eigenvalue weighted by Gasteiger charge is 2.12. The minimum Gasteiger partial charge on any atom is -0.337 e. The van der Waals surface area contributed by atoms with E-state index in [1.807, 2.05) is 65.8 Å². The van der Waals surface area contributed by atoms with Crippen LogP contribution in [0, 0.1) is 0 Å². The van der Waals surface area contributed by atoms with Gasteiger partial charge in [-0.2, -0.15) is 5.10 Å². The summed E-state index contributed by atoms with van der Waals surface area (Å²) < 4.78 is 1.86. The molecule has 0 bridgehead atoms. The van der Waals surface area contributed by atoms with Crippen LogP contribution in [-0.4, -0.2) is 27.6 Å². The van der Waals surface area contributed by atoms with Crippen molar-refractivity contribution in [2.45, 2.75) is 13.1 Å². The molecule has 0 aliphatic heterocycles. The summed E-state index contributed by atoms with van der Waals surface area (Å²) in [7, 11) is 1.83. The van der Waals surface area contributed by atoms with Crippen LogP contribution < -0.4 is 0 Å². The summed E-state index contributed by atoms with van der Waals surface area (Å²) in [6, 6.07) is 13.7. The molecule has 0 fully saturated rings. The fraction of sp³-hybridized carbons (Fsp3) is 0.176. The standard InChI is InChI=1S/C17H17N3OS/c1-19(13-16-4-2-11-22-16)17(21)15-7-5-14(6-8-15)12-20-10-3-9-18-20/h2-11H,12-13H2,1H3. The summed E-state index contributed by atoms with van der Waals surface area (Å²) in [6.45, 7) is 1.36. The first-order chi connectivity index (χ1) is 10.7. The molecular weight excluding hydrogens is 294 g/mol. The molecular formula is C17H17N3OS. The summed E-state index contributed by atoms with van der Waals surface area (Å²) in [6.07, 6.45) is 3.69. The smallest absolute Gasteiger partial charge is 0.253 e. The second-order valence-corrected chi connectivity index (χ2v) is 6.17. The number of hydrogen-bond acceptors (Lipinski definition) is 3. The van der Waals surface area contributed by atoms with Gasteiger partial charge in [-0.25, -0.2) is 0 Å². The Hall–Kier alpha value is -2.40. The van der Waals surface area contributed by atoms with Crippen LogP contribution in [0.3, 0.4) is 0 Å². The number of rotatable bonds is 5. The molecule has 112 valence electrons. The molecule has 3 rings (SSSR count). The molecule has 4 nitrogen and oxygen atoms in total. The number of benzene rings is 1. The van der Waals surface area contributed by atoms with Crippen LogP contribution in [0.4, 0.5) is 0 Å². The molecule has 0 radical (unpaired) electrons. The highest BCUT2D eigenvalue weighted by molar-refractivity contribution is 7.09. The topological polar surface area (TPSA) is 38.1 Å². The number of amides is 1. The van der Waals surface area contributed by atoms with E-state index in [1.54, 1.807) is 22.4 Å². The minimum atomic E-state index is 0.0408. The third kappa shape index (κ3) is 3.43. The average molecular weight is 311 g/mol. The SMILES string of the molecule is CN(Cc1cccs1)C(=O)c1ccc(Cn2cccn2)cc1. The number of hydrogen-bond donors (Lipinski definition) is 0. The second-order valence-electron chi connectivity index (χ2n) is 5.14. The molecule has 0 aliphatic carbocycles. The van der Waals surface area contributed by atoms with Gasteiger partial charge in [0.25, 0.3) is 5.91 Å². The van der Waals surface area contributed by atoms with Crippen LogP contribution in [0.2, 0.25) is 0 Å². The molecule has 0 N–H and O–H groups in total. The number of carbonyl (C=O) groups is 1. The summed E-state index contributed by atoms with van der Waals surface area (Å²) in [4.78, 5) is 15.3. The zero-order chi connectivity index (χ0) is 15.4. The lowest BCUT2D eigenvalue weighted by Gasteiger charge is -2.16. The van der Waals surface area contributed by atoms with E-state index < -0.39 is 0 Å². The van der Waals surface area contributed by atoms with E-state index in [4.69, 9.17) is 0 Å². The third-order valence-corrected chi connectivity index (χ3v) is 4.29. The molecule has 1 aromatic carbocycles. The Kier molecular flexibility index (Phi) is 4.34. The van der Waals surface area contributed by atoms with E-state index >= 15 is 0 Å². The van der Waals surface area contributed by atoms with Crippen LogP contribution >= 0.6 is 11.3 Å². The second kappa shape index (κ2) is 6.58. The first-order valence-corrected chi connectivity index (χ1v) is 7.94. The zero-order valence-electron chi connectivity index (χ0n) is 12.3. The van der Waals surface area contributed by atoms with Crippen molar-refractivity contribution < 1.29 is 4.79 Å². The molecule has 0 atom stereocenters. The Balaban J connectivity index is 1.65. The van der Waals surface area contributed by atoms with Gasteiger partial charge < -0.3 is 4.90 Å². The Morgan fingerprint density at radius 3 is 2.68 bits per heavy atom. The first kappa shape index (κ1) is 14.5. The maximum atomic E-state index is 12.4. The van der Waals surface area contributed by atoms with Crippen molar-refractivity contribution in [3.63, 3.8) is 0 Å². The van der Waals surface area contributed by atoms with Crippen molar-refractivity contribution in [2.75, 3.05) is 7.05 Å². The lowest BCUT2D eigenvalue weighted by molar-refractivity contribution is 0.0786. The van der Waals surface area contributed by atoms with Crippen molar-refractivity contribution in [1.29, 1.82) is 0 Å². The van der Waals surface area contributed by atoms with Crippen LogP contribution in [-0.2, 0) is 13.1 Å². The monoisotopic (exact) mass is 311 g/mol. The van der Waals surface area contributed by atoms with Gasteiger partial charge in [0.05, 0.1) is 13.1 Å². The quantitative estimate of drug-likeness (QED) is 0.725. The van der Waals surface area contributed by atoms with E-state index in [9.17, 15) is 4.79 Å². The Morgan fingerprint density at radius 2 is 2.05 bits per heavy atom. The molecule has 0 aliphatic rings. The Bertz CT molecular complexity index is 718. The van der Waals surface area contributed by atoms with E-state index in [2.05, 4.69) is 5.10 Å². The van der Waals surface area contributed by atoms with Gasteiger partial charge in [-0.05, 0) is 35.2 Å². The van der Waals surface area contributed by atoms with Crippen LogP contribution in [0.1, 0.15) is 20.8 Å². The van der Waals surface area contributed by atoms with Gasteiger partial charge in [-0.15, -0.1) is 11.3 Å². The fourth-order valence-electron chi connectivity index (χ4n) is 2.26. The first-order valence-electron chi connectivity index (χ1n) is 7.06. The van der Waals surface area contributed by atoms with E-state index in [-0.39, 0.29) is 5.91 Å². The minimum absolute atomic E-state index is 0.0408. The maximum absolute atomic E-state index is 12.4. The predicted octanol–water partition coefficient (Wildman–Crippen LogP) is 3.27. The summed E-state index contributed by atoms with van der Waals surface area (Å²) >= 11 is 1.66.